The van der Waals surface area contributed by atoms with E-state index in [4.69, 9.17) is 0 Å². The van der Waals surface area contributed by atoms with E-state index in [0.29, 0.717) is 11.5 Å². The van der Waals surface area contributed by atoms with Crippen molar-refractivity contribution in [2.24, 2.45) is 11.8 Å². The Bertz CT molecular complexity index is 349. The molecule has 114 valence electrons. The molecule has 0 fully saturated rings. The summed E-state index contributed by atoms with van der Waals surface area (Å²) < 4.78 is 0. The lowest BCUT2D eigenvalue weighted by Crippen LogP contribution is -2.02. The van der Waals surface area contributed by atoms with Crippen LogP contribution < -0.4 is 0 Å². The average Bonchev–Trinajstić information content (AvgIpc) is 2.41. The number of hydrogen-bond donors (Lipinski definition) is 0. The summed E-state index contributed by atoms with van der Waals surface area (Å²) >= 11 is 0. The number of unbranched alkanes of at least 4 members (excludes halogenated alkanes) is 2. The van der Waals surface area contributed by atoms with Gasteiger partial charge >= 0.3 is 0 Å². The molecule has 0 aliphatic carbocycles. The molecule has 0 radical (unpaired) electrons. The average molecular weight is 276 g/mol. The molecule has 0 amide bonds. The van der Waals surface area contributed by atoms with E-state index >= 15 is 0 Å². The van der Waals surface area contributed by atoms with E-state index in [1.54, 1.807) is 6.08 Å². The molecule has 0 aliphatic heterocycles. The highest BCUT2D eigenvalue weighted by molar-refractivity contribution is 5.95. The zero-order chi connectivity index (χ0) is 15.5. The van der Waals surface area contributed by atoms with Crippen LogP contribution in [0.15, 0.2) is 36.5 Å². The van der Waals surface area contributed by atoms with Gasteiger partial charge in [-0.1, -0.05) is 83.8 Å². The molecule has 0 N–H and O–H groups in total. The Balaban J connectivity index is 4.02. The van der Waals surface area contributed by atoms with E-state index < -0.39 is 0 Å². The van der Waals surface area contributed by atoms with E-state index in [-0.39, 0.29) is 5.78 Å². The fourth-order valence-electron chi connectivity index (χ4n) is 2.10. The van der Waals surface area contributed by atoms with Gasteiger partial charge in [0.15, 0.2) is 5.78 Å². The van der Waals surface area contributed by atoms with Crippen LogP contribution in [0.2, 0.25) is 0 Å². The smallest absolute Gasteiger partial charge is 0.159 e. The second-order valence-electron chi connectivity index (χ2n) is 6.07. The normalized spacial score (nSPS) is 14.2. The first-order valence-electron chi connectivity index (χ1n) is 7.95. The topological polar surface area (TPSA) is 17.1 Å². The Hall–Kier alpha value is -1.11. The third-order valence-corrected chi connectivity index (χ3v) is 3.98. The molecule has 0 bridgehead atoms. The minimum atomic E-state index is 0.0197. The van der Waals surface area contributed by atoms with Crippen molar-refractivity contribution in [2.75, 3.05) is 0 Å². The van der Waals surface area contributed by atoms with Gasteiger partial charge in [0.2, 0.25) is 0 Å². The highest BCUT2D eigenvalue weighted by atomic mass is 16.1. The molecule has 0 saturated carbocycles. The quantitative estimate of drug-likeness (QED) is 0.262. The number of ketones is 1. The summed E-state index contributed by atoms with van der Waals surface area (Å²) in [7, 11) is 0. The van der Waals surface area contributed by atoms with Gasteiger partial charge in [-0.15, -0.1) is 0 Å². The summed E-state index contributed by atoms with van der Waals surface area (Å²) in [6.45, 7) is 16.2. The maximum absolute atomic E-state index is 11.1. The number of Topliss-reactive ketones (excluding diaryl/α,β-unsaturated/α-hetero) is 1. The van der Waals surface area contributed by atoms with Gasteiger partial charge in [0, 0.05) is 5.57 Å². The number of carbonyl (C=O) groups is 1. The molecular weight excluding hydrogens is 244 g/mol. The Morgan fingerprint density at radius 3 is 2.25 bits per heavy atom. The third-order valence-electron chi connectivity index (χ3n) is 3.98. The van der Waals surface area contributed by atoms with E-state index in [0.717, 1.165) is 11.5 Å². The minimum Gasteiger partial charge on any atom is -0.295 e. The van der Waals surface area contributed by atoms with Crippen molar-refractivity contribution in [2.45, 2.75) is 66.2 Å². The van der Waals surface area contributed by atoms with E-state index in [1.165, 1.54) is 45.4 Å². The highest BCUT2D eigenvalue weighted by Gasteiger charge is 2.08. The molecule has 2 atom stereocenters. The predicted octanol–water partition coefficient (Wildman–Crippen LogP) is 5.88. The molecule has 1 nitrogen and oxygen atoms in total. The van der Waals surface area contributed by atoms with Crippen molar-refractivity contribution in [3.63, 3.8) is 0 Å². The SMILES string of the molecule is C=C(/C=C\C(=C)C(C)CCC(C)CCCCC)C(C)=O. The van der Waals surface area contributed by atoms with Crippen LogP contribution in [0.4, 0.5) is 0 Å². The number of rotatable bonds is 11. The lowest BCUT2D eigenvalue weighted by molar-refractivity contribution is -0.113. The Morgan fingerprint density at radius 1 is 1.05 bits per heavy atom. The molecule has 0 saturated heterocycles. The lowest BCUT2D eigenvalue weighted by atomic mass is 9.90. The molecule has 0 rings (SSSR count). The summed E-state index contributed by atoms with van der Waals surface area (Å²) in [5.74, 6) is 1.29. The van der Waals surface area contributed by atoms with Crippen LogP contribution in [-0.4, -0.2) is 5.78 Å². The molecular formula is C19H32O. The highest BCUT2D eigenvalue weighted by Crippen LogP contribution is 2.22. The van der Waals surface area contributed by atoms with Crippen LogP contribution in [0.25, 0.3) is 0 Å². The van der Waals surface area contributed by atoms with Crippen molar-refractivity contribution >= 4 is 5.78 Å². The zero-order valence-corrected chi connectivity index (χ0v) is 13.9. The molecule has 0 aliphatic rings. The van der Waals surface area contributed by atoms with Crippen molar-refractivity contribution in [1.29, 1.82) is 0 Å². The molecule has 2 unspecified atom stereocenters. The van der Waals surface area contributed by atoms with Crippen LogP contribution in [0.1, 0.15) is 66.2 Å². The predicted molar refractivity (Wildman–Crippen MR) is 89.8 cm³/mol. The maximum atomic E-state index is 11.1. The van der Waals surface area contributed by atoms with Gasteiger partial charge in [0.1, 0.15) is 0 Å². The Morgan fingerprint density at radius 2 is 1.70 bits per heavy atom. The number of allylic oxidation sites excluding steroid dienone is 4. The van der Waals surface area contributed by atoms with Gasteiger partial charge in [-0.3, -0.25) is 4.79 Å². The first kappa shape index (κ1) is 18.9. The second kappa shape index (κ2) is 10.7. The van der Waals surface area contributed by atoms with Crippen molar-refractivity contribution in [3.05, 3.63) is 36.5 Å². The molecule has 0 aromatic rings. The fourth-order valence-corrected chi connectivity index (χ4v) is 2.10. The standard InChI is InChI=1S/C19H32O/c1-7-8-9-10-15(2)11-12-16(3)17(4)13-14-18(5)19(6)20/h13-16H,4-5,7-12H2,1-3,6H3/b14-13-. The van der Waals surface area contributed by atoms with Crippen molar-refractivity contribution in [3.8, 4) is 0 Å². The van der Waals surface area contributed by atoms with Crippen molar-refractivity contribution in [1.82, 2.24) is 0 Å². The van der Waals surface area contributed by atoms with Crippen LogP contribution >= 0.6 is 0 Å². The third kappa shape index (κ3) is 8.90. The second-order valence-corrected chi connectivity index (χ2v) is 6.07. The summed E-state index contributed by atoms with van der Waals surface area (Å²) in [4.78, 5) is 11.1. The summed E-state index contributed by atoms with van der Waals surface area (Å²) in [5, 5.41) is 0. The lowest BCUT2D eigenvalue weighted by Gasteiger charge is -2.16. The molecule has 1 heteroatoms. The largest absolute Gasteiger partial charge is 0.295 e. The van der Waals surface area contributed by atoms with Gasteiger partial charge in [-0.05, 0) is 25.2 Å². The van der Waals surface area contributed by atoms with Gasteiger partial charge < -0.3 is 0 Å². The first-order chi connectivity index (χ1) is 9.38. The van der Waals surface area contributed by atoms with Gasteiger partial charge in [-0.2, -0.15) is 0 Å². The van der Waals surface area contributed by atoms with Crippen LogP contribution in [0.5, 0.6) is 0 Å². The Labute approximate surface area is 125 Å². The van der Waals surface area contributed by atoms with Gasteiger partial charge in [0.05, 0.1) is 0 Å². The van der Waals surface area contributed by atoms with Crippen molar-refractivity contribution < 1.29 is 4.79 Å². The Kier molecular flexibility index (Phi) is 10.1. The van der Waals surface area contributed by atoms with E-state index in [2.05, 4.69) is 33.9 Å². The summed E-state index contributed by atoms with van der Waals surface area (Å²) in [6, 6.07) is 0. The van der Waals surface area contributed by atoms with E-state index in [1.807, 2.05) is 6.08 Å². The molecule has 0 heterocycles. The summed E-state index contributed by atoms with van der Waals surface area (Å²) in [5.41, 5.74) is 1.64. The van der Waals surface area contributed by atoms with Crippen LogP contribution in [0, 0.1) is 11.8 Å². The summed E-state index contributed by atoms with van der Waals surface area (Å²) in [6.07, 6.45) is 11.5. The molecule has 0 spiro atoms. The first-order valence-corrected chi connectivity index (χ1v) is 7.95. The molecule has 0 aromatic carbocycles. The molecule has 0 aromatic heterocycles. The fraction of sp³-hybridized carbons (Fsp3) is 0.632. The number of hydrogen-bond acceptors (Lipinski definition) is 1. The van der Waals surface area contributed by atoms with Gasteiger partial charge in [-0.25, -0.2) is 0 Å². The van der Waals surface area contributed by atoms with Crippen LogP contribution in [-0.2, 0) is 4.79 Å². The monoisotopic (exact) mass is 276 g/mol. The van der Waals surface area contributed by atoms with E-state index in [9.17, 15) is 4.79 Å². The minimum absolute atomic E-state index is 0.0197. The van der Waals surface area contributed by atoms with Crippen LogP contribution in [0.3, 0.4) is 0 Å². The molecule has 20 heavy (non-hydrogen) atoms. The maximum Gasteiger partial charge on any atom is 0.159 e. The zero-order valence-electron chi connectivity index (χ0n) is 13.9. The van der Waals surface area contributed by atoms with Gasteiger partial charge in [0.25, 0.3) is 0 Å². The number of carbonyl (C=O) groups excluding carboxylic acids is 1.